The SMILES string of the molecule is CS(=O)(=O)c1ccc(C(=O)N2CCOc3ccc(-c4cnc5ccccc5c4)cc3C2)c(Br)c1. The zero-order chi connectivity index (χ0) is 23.9. The van der Waals surface area contributed by atoms with Crippen LogP contribution in [-0.2, 0) is 16.4 Å². The van der Waals surface area contributed by atoms with E-state index in [-0.39, 0.29) is 10.8 Å². The molecular weight excluding hydrogens is 516 g/mol. The van der Waals surface area contributed by atoms with Gasteiger partial charge in [-0.05, 0) is 64.0 Å². The average Bonchev–Trinajstić information content (AvgIpc) is 3.04. The quantitative estimate of drug-likeness (QED) is 0.364. The largest absolute Gasteiger partial charge is 0.491 e. The van der Waals surface area contributed by atoms with Crippen LogP contribution < -0.4 is 4.74 Å². The maximum Gasteiger partial charge on any atom is 0.255 e. The van der Waals surface area contributed by atoms with Gasteiger partial charge in [0.2, 0.25) is 0 Å². The van der Waals surface area contributed by atoms with Crippen LogP contribution in [-0.4, -0.2) is 43.6 Å². The molecule has 0 fully saturated rings. The van der Waals surface area contributed by atoms with Gasteiger partial charge in [-0.3, -0.25) is 9.78 Å². The monoisotopic (exact) mass is 536 g/mol. The average molecular weight is 537 g/mol. The third kappa shape index (κ3) is 4.43. The Bertz CT molecular complexity index is 1540. The number of nitrogens with zero attached hydrogens (tertiary/aromatic N) is 2. The first kappa shape index (κ1) is 22.6. The molecule has 6 nitrogen and oxygen atoms in total. The molecule has 1 aromatic heterocycles. The Kier molecular flexibility index (Phi) is 5.87. The van der Waals surface area contributed by atoms with Gasteiger partial charge >= 0.3 is 0 Å². The number of sulfone groups is 1. The summed E-state index contributed by atoms with van der Waals surface area (Å²) in [5, 5.41) is 1.06. The van der Waals surface area contributed by atoms with Crippen molar-refractivity contribution >= 4 is 42.6 Å². The molecule has 0 atom stereocenters. The summed E-state index contributed by atoms with van der Waals surface area (Å²) in [5.41, 5.74) is 4.23. The van der Waals surface area contributed by atoms with Crippen molar-refractivity contribution in [3.05, 3.63) is 88.5 Å². The summed E-state index contributed by atoms with van der Waals surface area (Å²) in [6, 6.07) is 20.5. The van der Waals surface area contributed by atoms with E-state index in [4.69, 9.17) is 4.74 Å². The Morgan fingerprint density at radius 3 is 2.65 bits per heavy atom. The summed E-state index contributed by atoms with van der Waals surface area (Å²) in [6.07, 6.45) is 2.99. The number of ether oxygens (including phenoxy) is 1. The molecule has 0 aliphatic carbocycles. The molecule has 0 radical (unpaired) electrons. The second kappa shape index (κ2) is 8.85. The molecule has 8 heteroatoms. The summed E-state index contributed by atoms with van der Waals surface area (Å²) in [4.78, 5) is 19.8. The summed E-state index contributed by atoms with van der Waals surface area (Å²) < 4.78 is 30.0. The van der Waals surface area contributed by atoms with E-state index in [1.165, 1.54) is 12.1 Å². The number of hydrogen-bond acceptors (Lipinski definition) is 5. The smallest absolute Gasteiger partial charge is 0.255 e. The zero-order valence-electron chi connectivity index (χ0n) is 18.4. The van der Waals surface area contributed by atoms with E-state index in [9.17, 15) is 13.2 Å². The predicted molar refractivity (Wildman–Crippen MR) is 135 cm³/mol. The lowest BCUT2D eigenvalue weighted by Crippen LogP contribution is -2.32. The summed E-state index contributed by atoms with van der Waals surface area (Å²) in [6.45, 7) is 1.17. The molecule has 172 valence electrons. The van der Waals surface area contributed by atoms with E-state index in [2.05, 4.69) is 27.0 Å². The minimum absolute atomic E-state index is 0.161. The maximum atomic E-state index is 13.3. The number of para-hydroxylation sites is 1. The molecule has 2 heterocycles. The molecule has 1 aliphatic heterocycles. The standard InChI is InChI=1S/C26H21BrN2O4S/c1-34(31,32)21-7-8-22(23(27)14-21)26(30)29-10-11-33-25-9-6-17(12-20(25)16-29)19-13-18-4-2-3-5-24(18)28-15-19/h2-9,12-15H,10-11,16H2,1H3. The Morgan fingerprint density at radius 2 is 1.85 bits per heavy atom. The Morgan fingerprint density at radius 1 is 1.03 bits per heavy atom. The van der Waals surface area contributed by atoms with Gasteiger partial charge in [0, 0.05) is 40.0 Å². The molecule has 0 saturated carbocycles. The Labute approximate surface area is 206 Å². The van der Waals surface area contributed by atoms with E-state index in [1.54, 1.807) is 11.0 Å². The van der Waals surface area contributed by atoms with Crippen molar-refractivity contribution in [3.8, 4) is 16.9 Å². The number of halogens is 1. The molecule has 0 bridgehead atoms. The van der Waals surface area contributed by atoms with Crippen LogP contribution in [0.2, 0.25) is 0 Å². The second-order valence-corrected chi connectivity index (χ2v) is 11.1. The van der Waals surface area contributed by atoms with Crippen molar-refractivity contribution in [2.75, 3.05) is 19.4 Å². The van der Waals surface area contributed by atoms with Crippen LogP contribution >= 0.6 is 15.9 Å². The number of pyridine rings is 1. The van der Waals surface area contributed by atoms with Crippen molar-refractivity contribution in [2.45, 2.75) is 11.4 Å². The normalized spacial score (nSPS) is 13.8. The van der Waals surface area contributed by atoms with E-state index in [0.29, 0.717) is 29.7 Å². The Balaban J connectivity index is 1.45. The van der Waals surface area contributed by atoms with Gasteiger partial charge in [0.05, 0.1) is 22.5 Å². The molecule has 1 aliphatic rings. The fourth-order valence-electron chi connectivity index (χ4n) is 4.05. The van der Waals surface area contributed by atoms with Gasteiger partial charge in [-0.25, -0.2) is 8.42 Å². The van der Waals surface area contributed by atoms with Crippen molar-refractivity contribution in [1.29, 1.82) is 0 Å². The second-order valence-electron chi connectivity index (χ2n) is 8.23. The summed E-state index contributed by atoms with van der Waals surface area (Å²) >= 11 is 3.37. The highest BCUT2D eigenvalue weighted by atomic mass is 79.9. The van der Waals surface area contributed by atoms with Crippen LogP contribution in [0.3, 0.4) is 0 Å². The first-order chi connectivity index (χ1) is 16.3. The number of aromatic nitrogens is 1. The van der Waals surface area contributed by atoms with Gasteiger partial charge in [0.25, 0.3) is 5.91 Å². The van der Waals surface area contributed by atoms with Crippen molar-refractivity contribution in [1.82, 2.24) is 9.88 Å². The van der Waals surface area contributed by atoms with Gasteiger partial charge in [-0.1, -0.05) is 24.3 Å². The van der Waals surface area contributed by atoms with E-state index < -0.39 is 9.84 Å². The highest BCUT2D eigenvalue weighted by Crippen LogP contribution is 2.31. The number of amides is 1. The van der Waals surface area contributed by atoms with Gasteiger partial charge in [-0.15, -0.1) is 0 Å². The molecule has 0 saturated heterocycles. The number of carbonyl (C=O) groups excluding carboxylic acids is 1. The molecule has 34 heavy (non-hydrogen) atoms. The van der Waals surface area contributed by atoms with E-state index >= 15 is 0 Å². The van der Waals surface area contributed by atoms with E-state index in [1.807, 2.05) is 48.7 Å². The third-order valence-electron chi connectivity index (χ3n) is 5.85. The highest BCUT2D eigenvalue weighted by molar-refractivity contribution is 9.10. The third-order valence-corrected chi connectivity index (χ3v) is 7.62. The van der Waals surface area contributed by atoms with Crippen LogP contribution in [0.4, 0.5) is 0 Å². The van der Waals surface area contributed by atoms with Gasteiger partial charge in [-0.2, -0.15) is 0 Å². The zero-order valence-corrected chi connectivity index (χ0v) is 20.8. The molecule has 0 N–H and O–H groups in total. The topological polar surface area (TPSA) is 76.6 Å². The van der Waals surface area contributed by atoms with Gasteiger partial charge in [0.15, 0.2) is 9.84 Å². The minimum atomic E-state index is -3.36. The lowest BCUT2D eigenvalue weighted by molar-refractivity contribution is 0.0732. The molecular formula is C26H21BrN2O4S. The molecule has 0 spiro atoms. The highest BCUT2D eigenvalue weighted by Gasteiger charge is 2.24. The van der Waals surface area contributed by atoms with Crippen molar-refractivity contribution in [3.63, 3.8) is 0 Å². The number of carbonyl (C=O) groups is 1. The first-order valence-corrected chi connectivity index (χ1v) is 13.4. The Hall–Kier alpha value is -3.23. The minimum Gasteiger partial charge on any atom is -0.491 e. The number of rotatable bonds is 3. The number of fused-ring (bicyclic) bond motifs is 2. The molecule has 5 rings (SSSR count). The van der Waals surface area contributed by atoms with E-state index in [0.717, 1.165) is 39.6 Å². The van der Waals surface area contributed by atoms with Crippen LogP contribution in [0.1, 0.15) is 15.9 Å². The van der Waals surface area contributed by atoms with Crippen molar-refractivity contribution in [2.24, 2.45) is 0 Å². The van der Waals surface area contributed by atoms with Gasteiger partial charge < -0.3 is 9.64 Å². The fourth-order valence-corrected chi connectivity index (χ4v) is 5.39. The lowest BCUT2D eigenvalue weighted by atomic mass is 10.0. The predicted octanol–water partition coefficient (Wildman–Crippen LogP) is 5.10. The summed E-state index contributed by atoms with van der Waals surface area (Å²) in [5.74, 6) is 0.556. The first-order valence-electron chi connectivity index (χ1n) is 10.7. The van der Waals surface area contributed by atoms with Crippen molar-refractivity contribution < 1.29 is 17.9 Å². The van der Waals surface area contributed by atoms with Crippen LogP contribution in [0.15, 0.2) is 82.3 Å². The lowest BCUT2D eigenvalue weighted by Gasteiger charge is -2.21. The van der Waals surface area contributed by atoms with Crippen LogP contribution in [0.25, 0.3) is 22.0 Å². The number of benzene rings is 3. The summed E-state index contributed by atoms with van der Waals surface area (Å²) in [7, 11) is -3.36. The fraction of sp³-hybridized carbons (Fsp3) is 0.154. The molecule has 3 aromatic carbocycles. The molecule has 0 unspecified atom stereocenters. The maximum absolute atomic E-state index is 13.3. The van der Waals surface area contributed by atoms with Crippen LogP contribution in [0.5, 0.6) is 5.75 Å². The molecule has 4 aromatic rings. The molecule has 1 amide bonds. The number of hydrogen-bond donors (Lipinski definition) is 0. The van der Waals surface area contributed by atoms with Crippen LogP contribution in [0, 0.1) is 0 Å². The van der Waals surface area contributed by atoms with Gasteiger partial charge in [0.1, 0.15) is 12.4 Å².